The molecule has 1 atom stereocenters. The van der Waals surface area contributed by atoms with E-state index in [1.54, 1.807) is 30.3 Å². The molecule has 1 unspecified atom stereocenters. The Morgan fingerprint density at radius 1 is 0.853 bits per heavy atom. The van der Waals surface area contributed by atoms with Gasteiger partial charge in [-0.15, -0.1) is 0 Å². The van der Waals surface area contributed by atoms with Crippen LogP contribution in [-0.4, -0.2) is 44.2 Å². The largest absolute Gasteiger partial charge is 0.492 e. The van der Waals surface area contributed by atoms with Crippen LogP contribution in [0.2, 0.25) is 5.02 Å². The normalized spacial score (nSPS) is 11.7. The molecule has 0 spiro atoms. The first kappa shape index (κ1) is 26.9. The van der Waals surface area contributed by atoms with Gasteiger partial charge in [0.05, 0.1) is 32.1 Å². The van der Waals surface area contributed by atoms with Crippen molar-refractivity contribution in [2.75, 3.05) is 31.7 Å². The van der Waals surface area contributed by atoms with Crippen molar-refractivity contribution in [3.63, 3.8) is 0 Å². The highest BCUT2D eigenvalue weighted by molar-refractivity contribution is 6.33. The second-order valence-corrected chi connectivity index (χ2v) is 7.25. The summed E-state index contributed by atoms with van der Waals surface area (Å²) in [7, 11) is 0. The van der Waals surface area contributed by atoms with E-state index in [1.807, 2.05) is 27.7 Å². The third-order valence-corrected chi connectivity index (χ3v) is 4.69. The van der Waals surface area contributed by atoms with E-state index >= 15 is 0 Å². The Hall–Kier alpha value is -3.33. The number of benzene rings is 2. The predicted molar refractivity (Wildman–Crippen MR) is 130 cm³/mol. The highest BCUT2D eigenvalue weighted by Crippen LogP contribution is 2.38. The van der Waals surface area contributed by atoms with E-state index in [1.165, 1.54) is 6.92 Å². The van der Waals surface area contributed by atoms with E-state index in [2.05, 4.69) is 15.5 Å². The number of rotatable bonds is 13. The lowest BCUT2D eigenvalue weighted by molar-refractivity contribution is -0.126. The van der Waals surface area contributed by atoms with Crippen LogP contribution in [0, 0.1) is 0 Å². The molecular formula is C24H30ClN3O6. The molecule has 0 saturated carbocycles. The summed E-state index contributed by atoms with van der Waals surface area (Å²) in [4.78, 5) is 25.0. The minimum atomic E-state index is -1.36. The van der Waals surface area contributed by atoms with Gasteiger partial charge < -0.3 is 24.3 Å². The number of ether oxygens (including phenoxy) is 4. The first-order valence-corrected chi connectivity index (χ1v) is 11.4. The smallest absolute Gasteiger partial charge is 0.258 e. The molecule has 184 valence electrons. The van der Waals surface area contributed by atoms with Crippen LogP contribution in [0.5, 0.6) is 23.0 Å². The van der Waals surface area contributed by atoms with Crippen molar-refractivity contribution in [1.82, 2.24) is 0 Å². The topological polar surface area (TPSA) is 108 Å². The van der Waals surface area contributed by atoms with Gasteiger partial charge in [0, 0.05) is 23.9 Å². The lowest BCUT2D eigenvalue weighted by Crippen LogP contribution is -2.31. The van der Waals surface area contributed by atoms with Gasteiger partial charge in [-0.2, -0.15) is 10.2 Å². The predicted octanol–water partition coefficient (Wildman–Crippen LogP) is 5.61. The van der Waals surface area contributed by atoms with Crippen LogP contribution in [0.1, 0.15) is 34.6 Å². The van der Waals surface area contributed by atoms with Crippen LogP contribution in [0.3, 0.4) is 0 Å². The fraction of sp³-hybridized carbons (Fsp3) is 0.417. The maximum atomic E-state index is 12.9. The van der Waals surface area contributed by atoms with Crippen molar-refractivity contribution in [2.24, 2.45) is 10.2 Å². The summed E-state index contributed by atoms with van der Waals surface area (Å²) >= 11 is 6.30. The summed E-state index contributed by atoms with van der Waals surface area (Å²) < 4.78 is 22.2. The third-order valence-electron chi connectivity index (χ3n) is 4.32. The van der Waals surface area contributed by atoms with E-state index in [-0.39, 0.29) is 0 Å². The van der Waals surface area contributed by atoms with Crippen LogP contribution >= 0.6 is 11.6 Å². The van der Waals surface area contributed by atoms with Gasteiger partial charge in [0.2, 0.25) is 6.04 Å². The van der Waals surface area contributed by atoms with Gasteiger partial charge in [-0.25, -0.2) is 0 Å². The zero-order valence-electron chi connectivity index (χ0n) is 20.0. The lowest BCUT2D eigenvalue weighted by atomic mass is 10.2. The molecule has 0 aliphatic rings. The Morgan fingerprint density at radius 3 is 1.91 bits per heavy atom. The number of carbonyl (C=O) groups is 2. The molecule has 0 bridgehead atoms. The number of hydrogen-bond donors (Lipinski definition) is 1. The maximum Gasteiger partial charge on any atom is 0.258 e. The van der Waals surface area contributed by atoms with Gasteiger partial charge in [0.1, 0.15) is 16.5 Å². The average molecular weight is 492 g/mol. The molecule has 0 radical (unpaired) electrons. The molecular weight excluding hydrogens is 462 g/mol. The number of Topliss-reactive ketones (excluding diaryl/α,β-unsaturated/α-hetero) is 1. The third kappa shape index (κ3) is 7.34. The molecule has 10 heteroatoms. The Balaban J connectivity index is 2.27. The van der Waals surface area contributed by atoms with Gasteiger partial charge in [-0.05, 0) is 46.8 Å². The Kier molecular flexibility index (Phi) is 10.6. The van der Waals surface area contributed by atoms with Crippen LogP contribution in [-0.2, 0) is 9.59 Å². The van der Waals surface area contributed by atoms with Gasteiger partial charge >= 0.3 is 0 Å². The molecule has 1 amide bonds. The molecule has 9 nitrogen and oxygen atoms in total. The number of halogens is 1. The highest BCUT2D eigenvalue weighted by Gasteiger charge is 2.24. The minimum Gasteiger partial charge on any atom is -0.492 e. The molecule has 0 aromatic heterocycles. The molecule has 0 aliphatic heterocycles. The van der Waals surface area contributed by atoms with Gasteiger partial charge in [0.15, 0.2) is 17.3 Å². The van der Waals surface area contributed by atoms with Crippen LogP contribution in [0.25, 0.3) is 0 Å². The molecule has 1 N–H and O–H groups in total. The molecule has 0 fully saturated rings. The second-order valence-electron chi connectivity index (χ2n) is 6.87. The van der Waals surface area contributed by atoms with Crippen LogP contribution in [0.15, 0.2) is 40.6 Å². The lowest BCUT2D eigenvalue weighted by Gasteiger charge is -2.15. The monoisotopic (exact) mass is 491 g/mol. The van der Waals surface area contributed by atoms with Crippen molar-refractivity contribution in [2.45, 2.75) is 40.7 Å². The summed E-state index contributed by atoms with van der Waals surface area (Å²) in [6.07, 6.45) is 0. The summed E-state index contributed by atoms with van der Waals surface area (Å²) in [5.74, 6) is 0.647. The summed E-state index contributed by atoms with van der Waals surface area (Å²) in [6.45, 7) is 10.3. The number of nitrogens with one attached hydrogen (secondary N) is 1. The second kappa shape index (κ2) is 13.4. The van der Waals surface area contributed by atoms with Crippen LogP contribution in [0.4, 0.5) is 11.4 Å². The summed E-state index contributed by atoms with van der Waals surface area (Å²) in [5, 5.41) is 11.0. The van der Waals surface area contributed by atoms with E-state index in [4.69, 9.17) is 30.5 Å². The Bertz CT molecular complexity index is 1000. The van der Waals surface area contributed by atoms with E-state index in [9.17, 15) is 9.59 Å². The summed E-state index contributed by atoms with van der Waals surface area (Å²) in [6, 6.07) is 6.75. The van der Waals surface area contributed by atoms with Gasteiger partial charge in [-0.1, -0.05) is 11.6 Å². The van der Waals surface area contributed by atoms with Gasteiger partial charge in [0.25, 0.3) is 5.91 Å². The van der Waals surface area contributed by atoms with E-state index in [0.29, 0.717) is 65.8 Å². The number of carbonyl (C=O) groups excluding carboxylic acids is 2. The van der Waals surface area contributed by atoms with Crippen molar-refractivity contribution in [3.05, 3.63) is 35.4 Å². The molecule has 2 aromatic carbocycles. The standard InChI is InChI=1S/C24H30ClN3O6/c1-6-31-18-11-10-16(12-19(18)32-7-2)27-28-23(15(5)29)24(30)26-17-13-20(33-8-3)22(25)21(14-17)34-9-4/h10-14,23H,6-9H2,1-5H3,(H,26,30). The van der Waals surface area contributed by atoms with Crippen molar-refractivity contribution in [3.8, 4) is 23.0 Å². The first-order valence-electron chi connectivity index (χ1n) is 11.0. The molecule has 2 rings (SSSR count). The van der Waals surface area contributed by atoms with Crippen molar-refractivity contribution < 1.29 is 28.5 Å². The molecule has 0 saturated heterocycles. The zero-order valence-corrected chi connectivity index (χ0v) is 20.8. The van der Waals surface area contributed by atoms with E-state index in [0.717, 1.165) is 0 Å². The number of hydrogen-bond acceptors (Lipinski definition) is 8. The molecule has 34 heavy (non-hydrogen) atoms. The maximum absolute atomic E-state index is 12.9. The van der Waals surface area contributed by atoms with Crippen LogP contribution < -0.4 is 24.3 Å². The molecule has 0 heterocycles. The quantitative estimate of drug-likeness (QED) is 0.288. The van der Waals surface area contributed by atoms with Crippen molar-refractivity contribution in [1.29, 1.82) is 0 Å². The Labute approximate surface area is 204 Å². The Morgan fingerprint density at radius 2 is 1.38 bits per heavy atom. The summed E-state index contributed by atoms with van der Waals surface area (Å²) in [5.41, 5.74) is 0.761. The average Bonchev–Trinajstić information content (AvgIpc) is 2.79. The number of amides is 1. The molecule has 2 aromatic rings. The first-order chi connectivity index (χ1) is 16.3. The SMILES string of the molecule is CCOc1ccc(N=NC(C(C)=O)C(=O)Nc2cc(OCC)c(Cl)c(OCC)c2)cc1OCC. The number of azo groups is 1. The highest BCUT2D eigenvalue weighted by atomic mass is 35.5. The fourth-order valence-corrected chi connectivity index (χ4v) is 3.14. The fourth-order valence-electron chi connectivity index (χ4n) is 2.92. The van der Waals surface area contributed by atoms with Crippen molar-refractivity contribution >= 4 is 34.7 Å². The number of nitrogens with zero attached hydrogens (tertiary/aromatic N) is 2. The number of ketones is 1. The van der Waals surface area contributed by atoms with E-state index < -0.39 is 17.7 Å². The zero-order chi connectivity index (χ0) is 25.1. The molecule has 0 aliphatic carbocycles. The minimum absolute atomic E-state index is 0.296. The number of anilines is 1. The van der Waals surface area contributed by atoms with Gasteiger partial charge in [-0.3, -0.25) is 9.59 Å².